The SMILES string of the molecule is Cc1cc(-n2ccnc2)cc2[nH]c(-c3c(NCC(O)c4ccc(NC(=O)OC(C)C)c(Cl)c4)cc[nH]c3=O)nc12. The Bertz CT molecular complexity index is 1730. The second kappa shape index (κ2) is 11.2. The van der Waals surface area contributed by atoms with Gasteiger partial charge in [0.2, 0.25) is 0 Å². The summed E-state index contributed by atoms with van der Waals surface area (Å²) in [4.78, 5) is 39.6. The Morgan fingerprint density at radius 1 is 1.20 bits per heavy atom. The van der Waals surface area contributed by atoms with Crippen LogP contribution < -0.4 is 16.2 Å². The molecule has 12 heteroatoms. The molecule has 1 amide bonds. The number of hydrogen-bond acceptors (Lipinski definition) is 7. The summed E-state index contributed by atoms with van der Waals surface area (Å²) in [6, 6.07) is 10.5. The number of nitrogens with zero attached hydrogens (tertiary/aromatic N) is 3. The van der Waals surface area contributed by atoms with Gasteiger partial charge in [-0.2, -0.15) is 0 Å². The van der Waals surface area contributed by atoms with Gasteiger partial charge in [-0.05, 0) is 62.2 Å². The maximum Gasteiger partial charge on any atom is 0.411 e. The van der Waals surface area contributed by atoms with E-state index in [1.165, 1.54) is 6.20 Å². The number of hydrogen-bond donors (Lipinski definition) is 5. The fourth-order valence-electron chi connectivity index (χ4n) is 4.33. The zero-order chi connectivity index (χ0) is 28.4. The number of H-pyrrole nitrogens is 2. The highest BCUT2D eigenvalue weighted by Crippen LogP contribution is 2.29. The second-order valence-electron chi connectivity index (χ2n) is 9.52. The summed E-state index contributed by atoms with van der Waals surface area (Å²) < 4.78 is 6.96. The molecule has 40 heavy (non-hydrogen) atoms. The van der Waals surface area contributed by atoms with Gasteiger partial charge in [0.15, 0.2) is 0 Å². The summed E-state index contributed by atoms with van der Waals surface area (Å²) >= 11 is 6.33. The Morgan fingerprint density at radius 2 is 2.02 bits per heavy atom. The average Bonchev–Trinajstić information content (AvgIpc) is 3.58. The highest BCUT2D eigenvalue weighted by molar-refractivity contribution is 6.33. The van der Waals surface area contributed by atoms with Gasteiger partial charge in [0, 0.05) is 30.8 Å². The number of benzene rings is 2. The molecular formula is C28H28ClN7O4. The third-order valence-corrected chi connectivity index (χ3v) is 6.52. The quantitative estimate of drug-likeness (QED) is 0.175. The van der Waals surface area contributed by atoms with Crippen LogP contribution in [-0.2, 0) is 4.74 Å². The molecule has 0 saturated carbocycles. The molecule has 1 unspecified atom stereocenters. The molecule has 0 aliphatic heterocycles. The molecule has 0 fully saturated rings. The largest absolute Gasteiger partial charge is 0.447 e. The van der Waals surface area contributed by atoms with Crippen molar-refractivity contribution >= 4 is 40.1 Å². The van der Waals surface area contributed by atoms with Gasteiger partial charge in [-0.3, -0.25) is 10.1 Å². The first-order chi connectivity index (χ1) is 19.2. The van der Waals surface area contributed by atoms with E-state index in [1.807, 2.05) is 29.8 Å². The number of aromatic amines is 2. The molecule has 0 saturated heterocycles. The Hall–Kier alpha value is -4.61. The van der Waals surface area contributed by atoms with E-state index in [1.54, 1.807) is 50.6 Å². The number of aliphatic hydroxyl groups is 1. The van der Waals surface area contributed by atoms with Crippen molar-refractivity contribution in [1.29, 1.82) is 0 Å². The number of fused-ring (bicyclic) bond motifs is 1. The van der Waals surface area contributed by atoms with Crippen LogP contribution in [0, 0.1) is 6.92 Å². The standard InChI is InChI=1S/C28H28ClN7O4/c1-15(2)40-28(39)34-20-5-4-17(11-19(20)29)23(37)13-32-21-6-7-31-27(38)24(21)26-33-22-12-18(36-9-8-30-14-36)10-16(3)25(22)35-26/h4-12,14-15,23,37H,13H2,1-3H3,(H,33,35)(H,34,39)(H2,31,32,38). The summed E-state index contributed by atoms with van der Waals surface area (Å²) in [6.45, 7) is 5.53. The number of aromatic nitrogens is 5. The lowest BCUT2D eigenvalue weighted by atomic mass is 10.1. The molecule has 5 rings (SSSR count). The molecule has 2 aromatic carbocycles. The minimum Gasteiger partial charge on any atom is -0.447 e. The number of aryl methyl sites for hydroxylation is 1. The van der Waals surface area contributed by atoms with Gasteiger partial charge >= 0.3 is 6.09 Å². The number of pyridine rings is 1. The monoisotopic (exact) mass is 561 g/mol. The summed E-state index contributed by atoms with van der Waals surface area (Å²) in [6.07, 6.45) is 4.95. The smallest absolute Gasteiger partial charge is 0.411 e. The van der Waals surface area contributed by atoms with Crippen molar-refractivity contribution in [1.82, 2.24) is 24.5 Å². The molecule has 3 aromatic heterocycles. The van der Waals surface area contributed by atoms with E-state index >= 15 is 0 Å². The summed E-state index contributed by atoms with van der Waals surface area (Å²) in [5.74, 6) is 0.395. The van der Waals surface area contributed by atoms with E-state index in [2.05, 4.69) is 25.6 Å². The molecule has 5 N–H and O–H groups in total. The van der Waals surface area contributed by atoms with Gasteiger partial charge in [-0.25, -0.2) is 14.8 Å². The third kappa shape index (κ3) is 5.70. The van der Waals surface area contributed by atoms with Crippen molar-refractivity contribution in [2.24, 2.45) is 0 Å². The molecule has 206 valence electrons. The average molecular weight is 562 g/mol. The van der Waals surface area contributed by atoms with Crippen LogP contribution in [0.1, 0.15) is 31.1 Å². The van der Waals surface area contributed by atoms with Crippen LogP contribution in [0.25, 0.3) is 28.1 Å². The van der Waals surface area contributed by atoms with Gasteiger partial charge in [-0.15, -0.1) is 0 Å². The lowest BCUT2D eigenvalue weighted by molar-refractivity contribution is 0.130. The van der Waals surface area contributed by atoms with Crippen molar-refractivity contribution in [3.05, 3.63) is 87.8 Å². The maximum absolute atomic E-state index is 12.9. The third-order valence-electron chi connectivity index (χ3n) is 6.21. The van der Waals surface area contributed by atoms with E-state index in [0.717, 1.165) is 22.3 Å². The lowest BCUT2D eigenvalue weighted by Gasteiger charge is -2.16. The Labute approximate surface area is 234 Å². The van der Waals surface area contributed by atoms with E-state index < -0.39 is 12.2 Å². The highest BCUT2D eigenvalue weighted by atomic mass is 35.5. The van der Waals surface area contributed by atoms with Crippen molar-refractivity contribution in [2.45, 2.75) is 33.0 Å². The minimum absolute atomic E-state index is 0.0823. The van der Waals surface area contributed by atoms with Crippen LogP contribution in [-0.4, -0.2) is 48.4 Å². The highest BCUT2D eigenvalue weighted by Gasteiger charge is 2.18. The van der Waals surface area contributed by atoms with Gasteiger partial charge < -0.3 is 29.7 Å². The maximum atomic E-state index is 12.9. The summed E-state index contributed by atoms with van der Waals surface area (Å²) in [5, 5.41) is 16.8. The summed E-state index contributed by atoms with van der Waals surface area (Å²) in [7, 11) is 0. The molecule has 11 nitrogen and oxygen atoms in total. The van der Waals surface area contributed by atoms with Crippen LogP contribution in [0.2, 0.25) is 5.02 Å². The number of anilines is 2. The molecular weight excluding hydrogens is 534 g/mol. The van der Waals surface area contributed by atoms with Gasteiger partial charge in [0.05, 0.1) is 46.0 Å². The molecule has 0 aliphatic carbocycles. The van der Waals surface area contributed by atoms with E-state index in [9.17, 15) is 14.7 Å². The van der Waals surface area contributed by atoms with E-state index in [0.29, 0.717) is 28.3 Å². The number of ether oxygens (including phenoxy) is 1. The Kier molecular flexibility index (Phi) is 7.58. The van der Waals surface area contributed by atoms with E-state index in [-0.39, 0.29) is 23.2 Å². The molecule has 0 aliphatic rings. The first-order valence-corrected chi connectivity index (χ1v) is 13.0. The Morgan fingerprint density at radius 3 is 2.75 bits per heavy atom. The Balaban J connectivity index is 1.36. The number of nitrogens with one attached hydrogen (secondary N) is 4. The minimum atomic E-state index is -0.961. The summed E-state index contributed by atoms with van der Waals surface area (Å²) in [5.41, 5.74) is 4.74. The zero-order valence-corrected chi connectivity index (χ0v) is 22.8. The predicted octanol–water partition coefficient (Wildman–Crippen LogP) is 5.17. The van der Waals surface area contributed by atoms with Gasteiger partial charge in [-0.1, -0.05) is 17.7 Å². The number of halogens is 1. The predicted molar refractivity (Wildman–Crippen MR) is 154 cm³/mol. The van der Waals surface area contributed by atoms with Crippen LogP contribution in [0.15, 0.2) is 66.1 Å². The molecule has 1 atom stereocenters. The molecule has 3 heterocycles. The number of carbonyl (C=O) groups is 1. The molecule has 5 aromatic rings. The second-order valence-corrected chi connectivity index (χ2v) is 9.93. The molecule has 0 spiro atoms. The van der Waals surface area contributed by atoms with Crippen LogP contribution in [0.5, 0.6) is 0 Å². The number of carbonyl (C=O) groups excluding carboxylic acids is 1. The number of rotatable bonds is 8. The number of amides is 1. The van der Waals surface area contributed by atoms with Gasteiger partial charge in [0.1, 0.15) is 11.4 Å². The first kappa shape index (κ1) is 27.0. The lowest BCUT2D eigenvalue weighted by Crippen LogP contribution is -2.18. The first-order valence-electron chi connectivity index (χ1n) is 12.6. The van der Waals surface area contributed by atoms with Crippen LogP contribution in [0.3, 0.4) is 0 Å². The van der Waals surface area contributed by atoms with Gasteiger partial charge in [0.25, 0.3) is 5.56 Å². The topological polar surface area (TPSA) is 150 Å². The fraction of sp³-hybridized carbons (Fsp3) is 0.214. The normalized spacial score (nSPS) is 12.1. The number of aliphatic hydroxyl groups excluding tert-OH is 1. The number of imidazole rings is 2. The molecule has 0 bridgehead atoms. The van der Waals surface area contributed by atoms with E-state index in [4.69, 9.17) is 21.3 Å². The van der Waals surface area contributed by atoms with Crippen molar-refractivity contribution in [2.75, 3.05) is 17.2 Å². The zero-order valence-electron chi connectivity index (χ0n) is 22.0. The van der Waals surface area contributed by atoms with Crippen molar-refractivity contribution in [3.63, 3.8) is 0 Å². The van der Waals surface area contributed by atoms with Crippen LogP contribution in [0.4, 0.5) is 16.2 Å². The van der Waals surface area contributed by atoms with Crippen molar-refractivity contribution in [3.8, 4) is 17.1 Å². The fourth-order valence-corrected chi connectivity index (χ4v) is 4.57. The van der Waals surface area contributed by atoms with Crippen LogP contribution >= 0.6 is 11.6 Å². The van der Waals surface area contributed by atoms with Crippen molar-refractivity contribution < 1.29 is 14.6 Å². The molecule has 0 radical (unpaired) electrons.